The molecular weight excluding hydrogens is 222 g/mol. The van der Waals surface area contributed by atoms with Crippen LogP contribution < -0.4 is 0 Å². The van der Waals surface area contributed by atoms with E-state index in [1.54, 1.807) is 24.1 Å². The molecule has 0 saturated carbocycles. The first-order valence-corrected chi connectivity index (χ1v) is 4.80. The number of halogens is 4. The predicted octanol–water partition coefficient (Wildman–Crippen LogP) is 2.84. The minimum absolute atomic E-state index is 0.0774. The van der Waals surface area contributed by atoms with Crippen molar-refractivity contribution in [2.24, 2.45) is 0 Å². The highest BCUT2D eigenvalue weighted by atomic mass is 19.2. The molecule has 2 bridgehead atoms. The molecule has 0 fully saturated rings. The molecule has 5 heteroatoms. The van der Waals surface area contributed by atoms with E-state index < -0.39 is 35.4 Å². The van der Waals surface area contributed by atoms with Gasteiger partial charge in [-0.05, 0) is 7.05 Å². The zero-order valence-electron chi connectivity index (χ0n) is 8.27. The third-order valence-electron chi connectivity index (χ3n) is 3.29. The van der Waals surface area contributed by atoms with Crippen molar-refractivity contribution < 1.29 is 17.6 Å². The Morgan fingerprint density at radius 3 is 1.56 bits per heavy atom. The summed E-state index contributed by atoms with van der Waals surface area (Å²) in [5, 5.41) is 0. The second-order valence-corrected chi connectivity index (χ2v) is 4.02. The fraction of sp³-hybridized carbons (Fsp3) is 0.273. The second-order valence-electron chi connectivity index (χ2n) is 4.02. The van der Waals surface area contributed by atoms with Gasteiger partial charge in [0.2, 0.25) is 0 Å². The van der Waals surface area contributed by atoms with Crippen LogP contribution in [0.15, 0.2) is 12.2 Å². The average Bonchev–Trinajstić information content (AvgIpc) is 2.77. The van der Waals surface area contributed by atoms with E-state index in [0.29, 0.717) is 0 Å². The zero-order chi connectivity index (χ0) is 11.6. The number of likely N-dealkylation sites (N-methyl/N-ethyl adjacent to an activating group) is 1. The summed E-state index contributed by atoms with van der Waals surface area (Å²) >= 11 is 0. The lowest BCUT2D eigenvalue weighted by Gasteiger charge is -2.14. The maximum Gasteiger partial charge on any atom is 0.197 e. The largest absolute Gasteiger partial charge is 0.285 e. The maximum absolute atomic E-state index is 13.5. The molecule has 0 amide bonds. The van der Waals surface area contributed by atoms with Crippen molar-refractivity contribution in [3.63, 3.8) is 0 Å². The van der Waals surface area contributed by atoms with Crippen LogP contribution in [-0.2, 0) is 0 Å². The molecule has 0 radical (unpaired) electrons. The highest BCUT2D eigenvalue weighted by Gasteiger charge is 2.44. The Balaban J connectivity index is 2.37. The van der Waals surface area contributed by atoms with Gasteiger partial charge in [-0.1, -0.05) is 12.2 Å². The molecule has 2 atom stereocenters. The summed E-state index contributed by atoms with van der Waals surface area (Å²) in [5.41, 5.74) is -0.155. The van der Waals surface area contributed by atoms with Gasteiger partial charge in [0.05, 0.1) is 12.1 Å². The van der Waals surface area contributed by atoms with Crippen molar-refractivity contribution in [1.29, 1.82) is 0 Å². The second kappa shape index (κ2) is 2.85. The van der Waals surface area contributed by atoms with E-state index in [1.165, 1.54) is 0 Å². The molecule has 0 N–H and O–H groups in total. The Morgan fingerprint density at radius 1 is 0.812 bits per heavy atom. The SMILES string of the molecule is CN1[C@@H]2C=C[C@H]1c1c(F)c(F)c(F)c(F)c12. The van der Waals surface area contributed by atoms with Crippen LogP contribution in [0.3, 0.4) is 0 Å². The van der Waals surface area contributed by atoms with Crippen molar-refractivity contribution in [3.05, 3.63) is 46.5 Å². The average molecular weight is 229 g/mol. The maximum atomic E-state index is 13.5. The molecule has 0 spiro atoms. The summed E-state index contributed by atoms with van der Waals surface area (Å²) in [6.07, 6.45) is 3.32. The summed E-state index contributed by atoms with van der Waals surface area (Å²) in [5.74, 6) is -6.02. The van der Waals surface area contributed by atoms with Gasteiger partial charge >= 0.3 is 0 Å². The first kappa shape index (κ1) is 9.84. The van der Waals surface area contributed by atoms with Crippen LogP contribution in [0.2, 0.25) is 0 Å². The topological polar surface area (TPSA) is 3.24 Å². The van der Waals surface area contributed by atoms with Crippen LogP contribution in [0.25, 0.3) is 0 Å². The van der Waals surface area contributed by atoms with Crippen molar-refractivity contribution in [1.82, 2.24) is 4.90 Å². The van der Waals surface area contributed by atoms with Gasteiger partial charge in [-0.3, -0.25) is 4.90 Å². The zero-order valence-corrected chi connectivity index (χ0v) is 8.27. The Bertz CT molecular complexity index is 478. The predicted molar refractivity (Wildman–Crippen MR) is 48.7 cm³/mol. The van der Waals surface area contributed by atoms with Crippen LogP contribution in [-0.4, -0.2) is 11.9 Å². The van der Waals surface area contributed by atoms with Crippen LogP contribution in [0.4, 0.5) is 17.6 Å². The Labute approximate surface area is 89.0 Å². The molecule has 3 rings (SSSR count). The van der Waals surface area contributed by atoms with Crippen molar-refractivity contribution in [3.8, 4) is 0 Å². The molecule has 2 aliphatic heterocycles. The molecule has 1 aromatic rings. The summed E-state index contributed by atoms with van der Waals surface area (Å²) in [6, 6.07) is -0.991. The Hall–Kier alpha value is -1.36. The van der Waals surface area contributed by atoms with Gasteiger partial charge in [-0.15, -0.1) is 0 Å². The van der Waals surface area contributed by atoms with Crippen LogP contribution in [0, 0.1) is 23.3 Å². The molecule has 1 nitrogen and oxygen atoms in total. The molecule has 2 heterocycles. The number of benzene rings is 1. The standard InChI is InChI=1S/C11H7F4N/c1-16-4-2-3-5(16)7-6(4)8(12)10(14)11(15)9(7)13/h2-5H,1H3/t4-,5+. The Morgan fingerprint density at radius 2 is 1.19 bits per heavy atom. The minimum Gasteiger partial charge on any atom is -0.285 e. The molecule has 2 aliphatic rings. The molecular formula is C11H7F4N. The number of fused-ring (bicyclic) bond motifs is 5. The summed E-state index contributed by atoms with van der Waals surface area (Å²) in [6.45, 7) is 0. The monoisotopic (exact) mass is 229 g/mol. The van der Waals surface area contributed by atoms with Gasteiger partial charge in [-0.2, -0.15) is 0 Å². The fourth-order valence-electron chi connectivity index (χ4n) is 2.50. The summed E-state index contributed by atoms with van der Waals surface area (Å²) in [7, 11) is 1.66. The smallest absolute Gasteiger partial charge is 0.197 e. The van der Waals surface area contributed by atoms with Crippen LogP contribution >= 0.6 is 0 Å². The number of rotatable bonds is 0. The summed E-state index contributed by atoms with van der Waals surface area (Å²) < 4.78 is 53.2. The van der Waals surface area contributed by atoms with Gasteiger partial charge in [0.15, 0.2) is 23.3 Å². The fourth-order valence-corrected chi connectivity index (χ4v) is 2.50. The first-order valence-electron chi connectivity index (χ1n) is 4.80. The molecule has 84 valence electrons. The lowest BCUT2D eigenvalue weighted by atomic mass is 9.95. The van der Waals surface area contributed by atoms with E-state index in [4.69, 9.17) is 0 Å². The lowest BCUT2D eigenvalue weighted by molar-refractivity contribution is 0.294. The molecule has 16 heavy (non-hydrogen) atoms. The van der Waals surface area contributed by atoms with E-state index in [2.05, 4.69) is 0 Å². The molecule has 1 aromatic carbocycles. The lowest BCUT2D eigenvalue weighted by Crippen LogP contribution is -2.13. The quantitative estimate of drug-likeness (QED) is 0.286. The molecule has 0 aromatic heterocycles. The third kappa shape index (κ3) is 0.899. The van der Waals surface area contributed by atoms with E-state index >= 15 is 0 Å². The number of hydrogen-bond acceptors (Lipinski definition) is 1. The van der Waals surface area contributed by atoms with Crippen molar-refractivity contribution in [2.75, 3.05) is 7.05 Å². The molecule has 0 saturated heterocycles. The van der Waals surface area contributed by atoms with E-state index in [-0.39, 0.29) is 11.1 Å². The number of hydrogen-bond donors (Lipinski definition) is 0. The van der Waals surface area contributed by atoms with Gasteiger partial charge in [0, 0.05) is 11.1 Å². The van der Waals surface area contributed by atoms with Crippen molar-refractivity contribution in [2.45, 2.75) is 12.1 Å². The molecule has 0 unspecified atom stereocenters. The van der Waals surface area contributed by atoms with E-state index in [0.717, 1.165) is 0 Å². The number of nitrogens with zero attached hydrogens (tertiary/aromatic N) is 1. The normalized spacial score (nSPS) is 26.6. The van der Waals surface area contributed by atoms with Crippen LogP contribution in [0.1, 0.15) is 23.2 Å². The highest BCUT2D eigenvalue weighted by Crippen LogP contribution is 2.50. The van der Waals surface area contributed by atoms with E-state index in [1.807, 2.05) is 0 Å². The van der Waals surface area contributed by atoms with Gasteiger partial charge in [-0.25, -0.2) is 17.6 Å². The van der Waals surface area contributed by atoms with Gasteiger partial charge in [0.25, 0.3) is 0 Å². The minimum atomic E-state index is -1.73. The van der Waals surface area contributed by atoms with Gasteiger partial charge < -0.3 is 0 Å². The first-order chi connectivity index (χ1) is 7.54. The van der Waals surface area contributed by atoms with E-state index in [9.17, 15) is 17.6 Å². The third-order valence-corrected chi connectivity index (χ3v) is 3.29. The van der Waals surface area contributed by atoms with Crippen LogP contribution in [0.5, 0.6) is 0 Å². The molecule has 0 aliphatic carbocycles. The highest BCUT2D eigenvalue weighted by molar-refractivity contribution is 5.48. The summed E-state index contributed by atoms with van der Waals surface area (Å²) in [4.78, 5) is 1.66. The van der Waals surface area contributed by atoms with Gasteiger partial charge in [0.1, 0.15) is 0 Å². The Kier molecular flexibility index (Phi) is 1.75. The van der Waals surface area contributed by atoms with Crippen molar-refractivity contribution >= 4 is 0 Å².